The molecule has 0 saturated carbocycles. The van der Waals surface area contributed by atoms with E-state index in [2.05, 4.69) is 58.7 Å². The lowest BCUT2D eigenvalue weighted by Gasteiger charge is -2.59. The van der Waals surface area contributed by atoms with E-state index in [9.17, 15) is 10.2 Å². The molecule has 2 aromatic rings. The normalized spacial score (nSPS) is 42.0. The highest BCUT2D eigenvalue weighted by molar-refractivity contribution is 5.64. The first-order valence-electron chi connectivity index (χ1n) is 16.5. The van der Waals surface area contributed by atoms with Gasteiger partial charge in [-0.3, -0.25) is 0 Å². The molecule has 4 aliphatic carbocycles. The third-order valence-corrected chi connectivity index (χ3v) is 13.0. The zero-order valence-electron chi connectivity index (χ0n) is 26.1. The Morgan fingerprint density at radius 1 is 0.804 bits per heavy atom. The molecule has 2 spiro atoms. The van der Waals surface area contributed by atoms with Gasteiger partial charge in [-0.25, -0.2) is 0 Å². The van der Waals surface area contributed by atoms with Gasteiger partial charge < -0.3 is 43.9 Å². The minimum Gasteiger partial charge on any atom is -0.482 e. The molecule has 10 rings (SSSR count). The third-order valence-electron chi connectivity index (χ3n) is 13.0. The van der Waals surface area contributed by atoms with Crippen molar-refractivity contribution in [2.75, 3.05) is 34.3 Å². The van der Waals surface area contributed by atoms with E-state index in [-0.39, 0.29) is 29.4 Å². The summed E-state index contributed by atoms with van der Waals surface area (Å²) in [4.78, 5) is 16.6. The first kappa shape index (κ1) is 27.6. The molecule has 11 nitrogen and oxygen atoms in total. The van der Waals surface area contributed by atoms with Crippen LogP contribution in [0.5, 0.6) is 23.0 Å². The number of methoxy groups -OCH3 is 1. The van der Waals surface area contributed by atoms with Gasteiger partial charge in [-0.1, -0.05) is 36.4 Å². The lowest BCUT2D eigenvalue weighted by Crippen LogP contribution is -2.71. The molecule has 4 heterocycles. The molecule has 240 valence electrons. The molecule has 2 N–H and O–H groups in total. The number of nitrogens with zero attached hydrogens (tertiary/aromatic N) is 4. The zero-order chi connectivity index (χ0) is 31.2. The quantitative estimate of drug-likeness (QED) is 0.294. The van der Waals surface area contributed by atoms with Crippen molar-refractivity contribution in [1.29, 1.82) is 0 Å². The average Bonchev–Trinajstić information content (AvgIpc) is 3.58. The summed E-state index contributed by atoms with van der Waals surface area (Å²) >= 11 is 0. The summed E-state index contributed by atoms with van der Waals surface area (Å²) in [6.45, 7) is 1.81. The van der Waals surface area contributed by atoms with Gasteiger partial charge in [-0.2, -0.15) is 0 Å². The van der Waals surface area contributed by atoms with Crippen molar-refractivity contribution in [3.05, 3.63) is 70.8 Å². The summed E-state index contributed by atoms with van der Waals surface area (Å²) < 4.78 is 19.3. The van der Waals surface area contributed by atoms with E-state index in [1.165, 1.54) is 11.1 Å². The third kappa shape index (κ3) is 3.03. The Hall–Kier alpha value is -3.48. The Bertz CT molecular complexity index is 1760. The van der Waals surface area contributed by atoms with Gasteiger partial charge in [0.05, 0.1) is 16.0 Å². The summed E-state index contributed by atoms with van der Waals surface area (Å²) in [5.41, 5.74) is 3.76. The largest absolute Gasteiger partial charge is 0.482 e. The predicted octanol–water partition coefficient (Wildman–Crippen LogP) is 3.01. The Balaban J connectivity index is 0.975. The molecule has 2 fully saturated rings. The fraction of sp³-hybridized carbons (Fsp3) is 0.543. The van der Waals surface area contributed by atoms with Crippen LogP contribution < -0.4 is 19.1 Å². The number of hydrogen-bond acceptors (Lipinski definition) is 11. The summed E-state index contributed by atoms with van der Waals surface area (Å²) in [6.07, 6.45) is 9.50. The molecule has 10 atom stereocenters. The van der Waals surface area contributed by atoms with E-state index in [0.29, 0.717) is 29.0 Å². The van der Waals surface area contributed by atoms with E-state index in [4.69, 9.17) is 23.9 Å². The van der Waals surface area contributed by atoms with Gasteiger partial charge in [0.25, 0.3) is 5.79 Å². The van der Waals surface area contributed by atoms with Gasteiger partial charge >= 0.3 is 0 Å². The van der Waals surface area contributed by atoms with E-state index in [1.54, 1.807) is 7.11 Å². The molecule has 2 aromatic carbocycles. The maximum absolute atomic E-state index is 11.3. The van der Waals surface area contributed by atoms with E-state index in [1.807, 2.05) is 24.3 Å². The number of rotatable bonds is 5. The standard InChI is InChI=1S/C35H38N4O7/c1-38-14-12-33-20-6-8-24(40)32(33)43-30-25(9-4-18(28(30)33)16-22(20)38)45-36-37-46-26-10-5-19-17-23-21-7-11-27(41)35(42-3)34(21,13-15-39(23)2)29(19)31(26)44-35/h4-11,20-24,27,32,40-41H,12-17H2,1-3H3/t20-,21-,22+,23+,24-,27-,32-,33-,34-,35-/m0/s1. The number of aliphatic hydroxyl groups is 2. The second-order valence-corrected chi connectivity index (χ2v) is 14.5. The van der Waals surface area contributed by atoms with Crippen LogP contribution in [0.2, 0.25) is 0 Å². The minimum absolute atomic E-state index is 0.122. The van der Waals surface area contributed by atoms with Crippen LogP contribution in [0.25, 0.3) is 0 Å². The average molecular weight is 627 g/mol. The van der Waals surface area contributed by atoms with Crippen LogP contribution in [0, 0.1) is 11.8 Å². The number of piperidine rings is 2. The van der Waals surface area contributed by atoms with Crippen molar-refractivity contribution < 1.29 is 34.1 Å². The molecule has 8 aliphatic rings. The summed E-state index contributed by atoms with van der Waals surface area (Å²) in [7, 11) is 5.97. The number of likely N-dealkylation sites (N-methyl/N-ethyl adjacent to an activating group) is 2. The number of benzene rings is 2. The van der Waals surface area contributed by atoms with Gasteiger partial charge in [-0.15, -0.1) is 0 Å². The van der Waals surface area contributed by atoms with Crippen molar-refractivity contribution in [2.45, 2.75) is 72.7 Å². The second-order valence-electron chi connectivity index (χ2n) is 14.5. The van der Waals surface area contributed by atoms with Crippen LogP contribution >= 0.6 is 0 Å². The lowest BCUT2D eigenvalue weighted by atomic mass is 9.52. The van der Waals surface area contributed by atoms with Gasteiger partial charge in [0.15, 0.2) is 11.5 Å². The summed E-state index contributed by atoms with van der Waals surface area (Å²) in [6, 6.07) is 8.52. The molecular weight excluding hydrogens is 588 g/mol. The maximum atomic E-state index is 11.3. The van der Waals surface area contributed by atoms with Crippen LogP contribution in [0.1, 0.15) is 35.1 Å². The van der Waals surface area contributed by atoms with Crippen molar-refractivity contribution >= 4 is 0 Å². The van der Waals surface area contributed by atoms with Gasteiger partial charge in [0, 0.05) is 47.6 Å². The molecule has 11 heteroatoms. The number of aliphatic hydroxyl groups excluding tert-OH is 2. The van der Waals surface area contributed by atoms with Gasteiger partial charge in [0.2, 0.25) is 11.5 Å². The fourth-order valence-corrected chi connectivity index (χ4v) is 11.1. The Morgan fingerprint density at radius 2 is 1.46 bits per heavy atom. The number of hydrogen-bond donors (Lipinski definition) is 2. The molecule has 0 aromatic heterocycles. The molecule has 4 aliphatic heterocycles. The smallest absolute Gasteiger partial charge is 0.250 e. The molecule has 2 saturated heterocycles. The van der Waals surface area contributed by atoms with Gasteiger partial charge in [-0.05, 0) is 76.1 Å². The Labute approximate surface area is 266 Å². The summed E-state index contributed by atoms with van der Waals surface area (Å²) in [5.74, 6) is 1.14. The zero-order valence-corrected chi connectivity index (χ0v) is 26.1. The highest BCUT2D eigenvalue weighted by Crippen LogP contribution is 2.67. The lowest BCUT2D eigenvalue weighted by molar-refractivity contribution is -0.264. The molecule has 0 radical (unpaired) electrons. The number of likely N-dealkylation sites (tertiary alicyclic amines) is 2. The van der Waals surface area contributed by atoms with Crippen LogP contribution in [0.4, 0.5) is 0 Å². The molecule has 0 amide bonds. The first-order valence-corrected chi connectivity index (χ1v) is 16.5. The Morgan fingerprint density at radius 3 is 2.20 bits per heavy atom. The topological polar surface area (TPSA) is 118 Å². The van der Waals surface area contributed by atoms with E-state index >= 15 is 0 Å². The first-order chi connectivity index (χ1) is 22.3. The van der Waals surface area contributed by atoms with Crippen molar-refractivity contribution in [3.8, 4) is 23.0 Å². The van der Waals surface area contributed by atoms with E-state index in [0.717, 1.165) is 49.9 Å². The number of ether oxygens (including phenoxy) is 3. The molecule has 46 heavy (non-hydrogen) atoms. The highest BCUT2D eigenvalue weighted by Gasteiger charge is 2.73. The highest BCUT2D eigenvalue weighted by atomic mass is 16.7. The van der Waals surface area contributed by atoms with Crippen molar-refractivity contribution in [3.63, 3.8) is 0 Å². The van der Waals surface area contributed by atoms with Crippen LogP contribution in [-0.2, 0) is 28.4 Å². The van der Waals surface area contributed by atoms with Crippen molar-refractivity contribution in [2.24, 2.45) is 22.4 Å². The van der Waals surface area contributed by atoms with Gasteiger partial charge in [0.1, 0.15) is 18.3 Å². The Kier molecular flexibility index (Phi) is 5.47. The van der Waals surface area contributed by atoms with Crippen LogP contribution in [0.3, 0.4) is 0 Å². The molecule has 0 unspecified atom stereocenters. The monoisotopic (exact) mass is 626 g/mol. The molecular formula is C35H38N4O7. The summed E-state index contributed by atoms with van der Waals surface area (Å²) in [5, 5.41) is 30.3. The van der Waals surface area contributed by atoms with Crippen LogP contribution in [0.15, 0.2) is 59.1 Å². The predicted molar refractivity (Wildman–Crippen MR) is 164 cm³/mol. The fourth-order valence-electron chi connectivity index (χ4n) is 11.1. The SMILES string of the molecule is CO[C@@]12Oc3c(ON=NOc4ccc5c6c4O[C@H]4[C@@H](O)C=C[C@H]7[C@@H](C5)N(C)CC[C@@]674)ccc4c3[C@@]13CCN(C)[C@H](C4)[C@@H]3C=C[C@@H]2O. The molecule has 4 bridgehead atoms. The minimum atomic E-state index is -1.26. The van der Waals surface area contributed by atoms with Crippen molar-refractivity contribution in [1.82, 2.24) is 9.80 Å². The van der Waals surface area contributed by atoms with Crippen LogP contribution in [-0.4, -0.2) is 90.5 Å². The van der Waals surface area contributed by atoms with E-state index < -0.39 is 23.4 Å². The second kappa shape index (κ2) is 9.11. The maximum Gasteiger partial charge on any atom is 0.250 e.